The quantitative estimate of drug-likeness (QED) is 0.792. The van der Waals surface area contributed by atoms with Crippen molar-refractivity contribution < 1.29 is 8.42 Å². The van der Waals surface area contributed by atoms with Crippen LogP contribution in [0.2, 0.25) is 5.15 Å². The van der Waals surface area contributed by atoms with Gasteiger partial charge in [0, 0.05) is 12.6 Å². The van der Waals surface area contributed by atoms with E-state index in [1.807, 2.05) is 0 Å². The largest absolute Gasteiger partial charge is 0.257 e. The van der Waals surface area contributed by atoms with Crippen molar-refractivity contribution in [1.29, 1.82) is 0 Å². The highest BCUT2D eigenvalue weighted by Gasteiger charge is 2.13. The Labute approximate surface area is 81.7 Å². The Morgan fingerprint density at radius 3 is 2.69 bits per heavy atom. The molecule has 0 amide bonds. The second kappa shape index (κ2) is 3.65. The number of halogens is 1. The van der Waals surface area contributed by atoms with Gasteiger partial charge >= 0.3 is 0 Å². The molecule has 0 bridgehead atoms. The molecular weight excluding hydrogens is 214 g/mol. The van der Waals surface area contributed by atoms with Gasteiger partial charge in [-0.05, 0) is 7.05 Å². The first-order valence-corrected chi connectivity index (χ1v) is 5.57. The van der Waals surface area contributed by atoms with Gasteiger partial charge < -0.3 is 0 Å². The van der Waals surface area contributed by atoms with Gasteiger partial charge in [0.05, 0.1) is 11.9 Å². The molecule has 0 aliphatic carbocycles. The lowest BCUT2D eigenvalue weighted by Crippen LogP contribution is -2.20. The minimum Gasteiger partial charge on any atom is -0.257 e. The fourth-order valence-corrected chi connectivity index (χ4v) is 1.85. The lowest BCUT2D eigenvalue weighted by atomic mass is 10.4. The van der Waals surface area contributed by atoms with E-state index >= 15 is 0 Å². The van der Waals surface area contributed by atoms with Crippen LogP contribution in [0.1, 0.15) is 5.56 Å². The normalized spacial score (nSPS) is 11.9. The summed E-state index contributed by atoms with van der Waals surface area (Å²) in [6.45, 7) is 0. The molecule has 0 saturated heterocycles. The summed E-state index contributed by atoms with van der Waals surface area (Å²) < 4.78 is 25.9. The average Bonchev–Trinajstić information content (AvgIpc) is 2.36. The predicted molar refractivity (Wildman–Crippen MR) is 49.9 cm³/mol. The van der Waals surface area contributed by atoms with Crippen LogP contribution in [0.25, 0.3) is 0 Å². The van der Waals surface area contributed by atoms with Gasteiger partial charge in [-0.15, -0.1) is 0 Å². The third kappa shape index (κ3) is 2.43. The summed E-state index contributed by atoms with van der Waals surface area (Å²) in [6.07, 6.45) is 1.44. The molecule has 5 nitrogen and oxygen atoms in total. The number of aromatic nitrogens is 2. The minimum atomic E-state index is -3.27. The smallest absolute Gasteiger partial charge is 0.215 e. The third-order valence-electron chi connectivity index (χ3n) is 1.59. The second-order valence-corrected chi connectivity index (χ2v) is 4.83. The highest BCUT2D eigenvalue weighted by Crippen LogP contribution is 2.15. The summed E-state index contributed by atoms with van der Waals surface area (Å²) in [7, 11) is -0.258. The van der Waals surface area contributed by atoms with E-state index in [4.69, 9.17) is 11.6 Å². The van der Waals surface area contributed by atoms with Crippen LogP contribution >= 0.6 is 11.6 Å². The maximum absolute atomic E-state index is 11.1. The third-order valence-corrected chi connectivity index (χ3v) is 3.39. The van der Waals surface area contributed by atoms with Gasteiger partial charge in [0.2, 0.25) is 10.0 Å². The zero-order chi connectivity index (χ0) is 10.1. The van der Waals surface area contributed by atoms with Gasteiger partial charge in [-0.1, -0.05) is 11.6 Å². The number of rotatable bonds is 3. The van der Waals surface area contributed by atoms with E-state index in [0.717, 1.165) is 0 Å². The van der Waals surface area contributed by atoms with Gasteiger partial charge in [0.15, 0.2) is 0 Å². The molecule has 1 heterocycles. The van der Waals surface area contributed by atoms with Crippen LogP contribution in [-0.2, 0) is 22.8 Å². The summed E-state index contributed by atoms with van der Waals surface area (Å²) in [4.78, 5) is 0. The van der Waals surface area contributed by atoms with E-state index in [1.165, 1.54) is 17.9 Å². The van der Waals surface area contributed by atoms with Gasteiger partial charge in [0.25, 0.3) is 0 Å². The maximum Gasteiger partial charge on any atom is 0.215 e. The molecule has 1 N–H and O–H groups in total. The highest BCUT2D eigenvalue weighted by molar-refractivity contribution is 7.88. The van der Waals surface area contributed by atoms with Crippen molar-refractivity contribution in [3.63, 3.8) is 0 Å². The van der Waals surface area contributed by atoms with Crippen molar-refractivity contribution in [2.45, 2.75) is 5.75 Å². The molecule has 0 aliphatic rings. The molecule has 0 aromatic carbocycles. The Hall–Kier alpha value is -0.590. The Morgan fingerprint density at radius 1 is 1.69 bits per heavy atom. The van der Waals surface area contributed by atoms with E-state index in [0.29, 0.717) is 10.7 Å². The number of nitrogens with zero attached hydrogens (tertiary/aromatic N) is 2. The first-order valence-electron chi connectivity index (χ1n) is 3.54. The number of nitrogens with one attached hydrogen (secondary N) is 1. The van der Waals surface area contributed by atoms with E-state index in [-0.39, 0.29) is 5.75 Å². The molecule has 0 fully saturated rings. The van der Waals surface area contributed by atoms with Crippen LogP contribution in [-0.4, -0.2) is 25.2 Å². The molecule has 74 valence electrons. The lowest BCUT2D eigenvalue weighted by Gasteiger charge is -1.99. The topological polar surface area (TPSA) is 64.0 Å². The molecule has 7 heteroatoms. The van der Waals surface area contributed by atoms with E-state index in [2.05, 4.69) is 9.82 Å². The van der Waals surface area contributed by atoms with Crippen LogP contribution in [0.4, 0.5) is 0 Å². The van der Waals surface area contributed by atoms with Crippen LogP contribution < -0.4 is 4.72 Å². The molecule has 0 atom stereocenters. The molecule has 13 heavy (non-hydrogen) atoms. The molecule has 0 unspecified atom stereocenters. The molecule has 1 rings (SSSR count). The van der Waals surface area contributed by atoms with Crippen molar-refractivity contribution in [1.82, 2.24) is 14.5 Å². The molecule has 1 aromatic heterocycles. The van der Waals surface area contributed by atoms with Gasteiger partial charge in [0.1, 0.15) is 5.15 Å². The Kier molecular flexibility index (Phi) is 2.94. The Bertz CT molecular complexity index is 398. The second-order valence-electron chi connectivity index (χ2n) is 2.55. The van der Waals surface area contributed by atoms with Gasteiger partial charge in [-0.2, -0.15) is 5.10 Å². The monoisotopic (exact) mass is 223 g/mol. The summed E-state index contributed by atoms with van der Waals surface area (Å²) in [6, 6.07) is 0. The zero-order valence-electron chi connectivity index (χ0n) is 7.28. The summed E-state index contributed by atoms with van der Waals surface area (Å²) in [5.74, 6) is -0.143. The van der Waals surface area contributed by atoms with Crippen LogP contribution in [0.15, 0.2) is 6.20 Å². The molecule has 0 saturated carbocycles. The lowest BCUT2D eigenvalue weighted by molar-refractivity contribution is 0.587. The first kappa shape index (κ1) is 10.5. The van der Waals surface area contributed by atoms with Crippen LogP contribution in [0, 0.1) is 0 Å². The van der Waals surface area contributed by atoms with Crippen molar-refractivity contribution in [3.8, 4) is 0 Å². The van der Waals surface area contributed by atoms with E-state index in [9.17, 15) is 8.42 Å². The minimum absolute atomic E-state index is 0.143. The van der Waals surface area contributed by atoms with Crippen LogP contribution in [0.5, 0.6) is 0 Å². The Morgan fingerprint density at radius 2 is 2.31 bits per heavy atom. The van der Waals surface area contributed by atoms with E-state index in [1.54, 1.807) is 7.05 Å². The molecule has 0 radical (unpaired) electrons. The number of sulfonamides is 1. The zero-order valence-corrected chi connectivity index (χ0v) is 8.85. The molecule has 0 spiro atoms. The summed E-state index contributed by atoms with van der Waals surface area (Å²) >= 11 is 5.78. The number of aryl methyl sites for hydroxylation is 1. The first-order chi connectivity index (χ1) is 5.96. The number of hydrogen-bond donors (Lipinski definition) is 1. The van der Waals surface area contributed by atoms with Crippen molar-refractivity contribution in [2.75, 3.05) is 7.05 Å². The summed E-state index contributed by atoms with van der Waals surface area (Å²) in [5.41, 5.74) is 0.499. The maximum atomic E-state index is 11.1. The molecule has 1 aromatic rings. The number of hydrogen-bond acceptors (Lipinski definition) is 3. The van der Waals surface area contributed by atoms with Crippen molar-refractivity contribution in [2.24, 2.45) is 7.05 Å². The Balaban J connectivity index is 2.93. The fraction of sp³-hybridized carbons (Fsp3) is 0.500. The van der Waals surface area contributed by atoms with Crippen molar-refractivity contribution >= 4 is 21.6 Å². The molecular formula is C6H10ClN3O2S. The van der Waals surface area contributed by atoms with E-state index < -0.39 is 10.0 Å². The van der Waals surface area contributed by atoms with Crippen molar-refractivity contribution in [3.05, 3.63) is 16.9 Å². The molecule has 0 aliphatic heterocycles. The van der Waals surface area contributed by atoms with Gasteiger partial charge in [-0.3, -0.25) is 4.68 Å². The highest BCUT2D eigenvalue weighted by atomic mass is 35.5. The standard InChI is InChI=1S/C6H10ClN3O2S/c1-8-13(11,12)4-5-3-9-10(2)6(5)7/h3,8H,4H2,1-2H3. The SMILES string of the molecule is CNS(=O)(=O)Cc1cnn(C)c1Cl. The van der Waals surface area contributed by atoms with Gasteiger partial charge in [-0.25, -0.2) is 13.1 Å². The predicted octanol–water partition coefficient (Wildman–Crippen LogP) is 0.123. The van der Waals surface area contributed by atoms with Crippen LogP contribution in [0.3, 0.4) is 0 Å². The summed E-state index contributed by atoms with van der Waals surface area (Å²) in [5, 5.41) is 4.17. The average molecular weight is 224 g/mol. The fourth-order valence-electron chi connectivity index (χ4n) is 0.842.